The SMILES string of the molecule is CCOC(=O)C1(CCc2ccccc2)CCCN(CCCn2cccn2)C1. The zero-order valence-electron chi connectivity index (χ0n) is 16.3. The van der Waals surface area contributed by atoms with Gasteiger partial charge in [0.25, 0.3) is 0 Å². The molecule has 0 spiro atoms. The molecule has 2 aromatic rings. The van der Waals surface area contributed by atoms with Crippen LogP contribution in [0.15, 0.2) is 48.8 Å². The number of aryl methyl sites for hydroxylation is 2. The molecule has 0 amide bonds. The van der Waals surface area contributed by atoms with Crippen molar-refractivity contribution in [1.82, 2.24) is 14.7 Å². The zero-order valence-corrected chi connectivity index (χ0v) is 16.3. The summed E-state index contributed by atoms with van der Waals surface area (Å²) in [5.74, 6) is -0.0160. The Morgan fingerprint density at radius 3 is 2.81 bits per heavy atom. The van der Waals surface area contributed by atoms with E-state index in [1.54, 1.807) is 0 Å². The van der Waals surface area contributed by atoms with Crippen LogP contribution in [0.4, 0.5) is 0 Å². The smallest absolute Gasteiger partial charge is 0.313 e. The summed E-state index contributed by atoms with van der Waals surface area (Å²) >= 11 is 0. The molecule has 146 valence electrons. The van der Waals surface area contributed by atoms with Crippen LogP contribution in [0, 0.1) is 5.41 Å². The molecular weight excluding hydrogens is 338 g/mol. The first-order valence-corrected chi connectivity index (χ1v) is 10.1. The van der Waals surface area contributed by atoms with Gasteiger partial charge in [0.05, 0.1) is 12.0 Å². The van der Waals surface area contributed by atoms with Crippen molar-refractivity contribution in [2.45, 2.75) is 45.6 Å². The number of ether oxygens (including phenoxy) is 1. The van der Waals surface area contributed by atoms with E-state index in [2.05, 4.69) is 34.3 Å². The summed E-state index contributed by atoms with van der Waals surface area (Å²) in [6.07, 6.45) is 8.60. The summed E-state index contributed by atoms with van der Waals surface area (Å²) in [4.78, 5) is 15.3. The van der Waals surface area contributed by atoms with Crippen molar-refractivity contribution < 1.29 is 9.53 Å². The average Bonchev–Trinajstić information content (AvgIpc) is 3.21. The fraction of sp³-hybridized carbons (Fsp3) is 0.545. The minimum atomic E-state index is -0.379. The summed E-state index contributed by atoms with van der Waals surface area (Å²) in [5, 5.41) is 4.27. The predicted octanol–water partition coefficient (Wildman–Crippen LogP) is 3.55. The number of esters is 1. The summed E-state index contributed by atoms with van der Waals surface area (Å²) in [7, 11) is 0. The molecule has 5 nitrogen and oxygen atoms in total. The fourth-order valence-corrected chi connectivity index (χ4v) is 4.09. The summed E-state index contributed by atoms with van der Waals surface area (Å²) in [5.41, 5.74) is 0.910. The highest BCUT2D eigenvalue weighted by Gasteiger charge is 2.42. The van der Waals surface area contributed by atoms with Gasteiger partial charge in [0.1, 0.15) is 0 Å². The zero-order chi connectivity index (χ0) is 19.0. The van der Waals surface area contributed by atoms with E-state index in [1.807, 2.05) is 36.1 Å². The molecule has 0 saturated carbocycles. The molecule has 0 bridgehead atoms. The molecule has 2 heterocycles. The second kappa shape index (κ2) is 9.70. The number of benzene rings is 1. The topological polar surface area (TPSA) is 47.4 Å². The van der Waals surface area contributed by atoms with Crippen LogP contribution in [0.5, 0.6) is 0 Å². The van der Waals surface area contributed by atoms with Crippen molar-refractivity contribution in [2.75, 3.05) is 26.2 Å². The van der Waals surface area contributed by atoms with E-state index in [4.69, 9.17) is 4.74 Å². The summed E-state index contributed by atoms with van der Waals surface area (Å²) < 4.78 is 7.48. The Balaban J connectivity index is 1.61. The fourth-order valence-electron chi connectivity index (χ4n) is 4.09. The maximum absolute atomic E-state index is 12.9. The highest BCUT2D eigenvalue weighted by Crippen LogP contribution is 2.36. The Bertz CT molecular complexity index is 687. The van der Waals surface area contributed by atoms with Gasteiger partial charge < -0.3 is 9.64 Å². The second-order valence-corrected chi connectivity index (χ2v) is 7.49. The van der Waals surface area contributed by atoms with E-state index in [1.165, 1.54) is 5.56 Å². The summed E-state index contributed by atoms with van der Waals surface area (Å²) in [6, 6.07) is 12.4. The average molecular weight is 370 g/mol. The molecule has 0 aliphatic carbocycles. The van der Waals surface area contributed by atoms with Gasteiger partial charge in [0.15, 0.2) is 0 Å². The van der Waals surface area contributed by atoms with Gasteiger partial charge >= 0.3 is 5.97 Å². The molecular formula is C22H31N3O2. The quantitative estimate of drug-likeness (QED) is 0.634. The number of aromatic nitrogens is 2. The molecule has 1 aromatic heterocycles. The molecule has 5 heteroatoms. The molecule has 1 atom stereocenters. The standard InChI is InChI=1S/C22H31N3O2/c1-2-27-21(26)22(13-11-20-9-4-3-5-10-20)12-6-15-24(19-22)16-8-18-25-17-7-14-23-25/h3-5,7,9-10,14,17H,2,6,8,11-13,15-16,18-19H2,1H3. The number of likely N-dealkylation sites (tertiary alicyclic amines) is 1. The van der Waals surface area contributed by atoms with E-state index in [0.717, 1.165) is 58.3 Å². The monoisotopic (exact) mass is 369 g/mol. The first-order valence-electron chi connectivity index (χ1n) is 10.1. The number of nitrogens with zero attached hydrogens (tertiary/aromatic N) is 3. The normalized spacial score (nSPS) is 20.5. The maximum atomic E-state index is 12.9. The molecule has 0 radical (unpaired) electrons. The maximum Gasteiger partial charge on any atom is 0.313 e. The lowest BCUT2D eigenvalue weighted by molar-refractivity contribution is -0.159. The first-order chi connectivity index (χ1) is 13.2. The Labute approximate surface area is 162 Å². The third kappa shape index (κ3) is 5.42. The molecule has 1 aliphatic heterocycles. The van der Waals surface area contributed by atoms with Crippen LogP contribution < -0.4 is 0 Å². The lowest BCUT2D eigenvalue weighted by Crippen LogP contribution is -2.49. The van der Waals surface area contributed by atoms with E-state index in [0.29, 0.717) is 6.61 Å². The number of hydrogen-bond acceptors (Lipinski definition) is 4. The van der Waals surface area contributed by atoms with Crippen LogP contribution in [-0.2, 0) is 22.5 Å². The number of piperidine rings is 1. The number of carbonyl (C=O) groups excluding carboxylic acids is 1. The van der Waals surface area contributed by atoms with Crippen molar-refractivity contribution in [3.8, 4) is 0 Å². The van der Waals surface area contributed by atoms with Crippen LogP contribution in [0.25, 0.3) is 0 Å². The highest BCUT2D eigenvalue weighted by molar-refractivity contribution is 5.77. The second-order valence-electron chi connectivity index (χ2n) is 7.49. The molecule has 1 aliphatic rings. The number of hydrogen-bond donors (Lipinski definition) is 0. The van der Waals surface area contributed by atoms with Crippen LogP contribution >= 0.6 is 0 Å². The largest absolute Gasteiger partial charge is 0.466 e. The molecule has 0 N–H and O–H groups in total. The Morgan fingerprint density at radius 2 is 2.07 bits per heavy atom. The van der Waals surface area contributed by atoms with Gasteiger partial charge in [0, 0.05) is 25.5 Å². The molecule has 27 heavy (non-hydrogen) atoms. The molecule has 1 saturated heterocycles. The van der Waals surface area contributed by atoms with Gasteiger partial charge in [-0.05, 0) is 63.7 Å². The van der Waals surface area contributed by atoms with Crippen molar-refractivity contribution in [3.63, 3.8) is 0 Å². The Hall–Kier alpha value is -2.14. The van der Waals surface area contributed by atoms with Crippen molar-refractivity contribution in [2.24, 2.45) is 5.41 Å². The first kappa shape index (κ1) is 19.6. The van der Waals surface area contributed by atoms with Crippen LogP contribution in [0.1, 0.15) is 38.2 Å². The van der Waals surface area contributed by atoms with Crippen molar-refractivity contribution in [1.29, 1.82) is 0 Å². The van der Waals surface area contributed by atoms with E-state index in [-0.39, 0.29) is 11.4 Å². The predicted molar refractivity (Wildman–Crippen MR) is 106 cm³/mol. The number of rotatable bonds is 9. The van der Waals surface area contributed by atoms with Gasteiger partial charge in [0.2, 0.25) is 0 Å². The van der Waals surface area contributed by atoms with Crippen molar-refractivity contribution in [3.05, 3.63) is 54.4 Å². The minimum absolute atomic E-state index is 0.0160. The van der Waals surface area contributed by atoms with Gasteiger partial charge in [-0.1, -0.05) is 30.3 Å². The minimum Gasteiger partial charge on any atom is -0.466 e. The highest BCUT2D eigenvalue weighted by atomic mass is 16.5. The van der Waals surface area contributed by atoms with E-state index < -0.39 is 0 Å². The third-order valence-electron chi connectivity index (χ3n) is 5.52. The van der Waals surface area contributed by atoms with E-state index >= 15 is 0 Å². The van der Waals surface area contributed by atoms with Gasteiger partial charge in [-0.15, -0.1) is 0 Å². The van der Waals surface area contributed by atoms with E-state index in [9.17, 15) is 4.79 Å². The van der Waals surface area contributed by atoms with Crippen molar-refractivity contribution >= 4 is 5.97 Å². The van der Waals surface area contributed by atoms with Crippen LogP contribution in [-0.4, -0.2) is 46.9 Å². The summed E-state index contributed by atoms with van der Waals surface area (Å²) in [6.45, 7) is 6.12. The van der Waals surface area contributed by atoms with Gasteiger partial charge in [-0.25, -0.2) is 0 Å². The van der Waals surface area contributed by atoms with Gasteiger partial charge in [-0.2, -0.15) is 5.10 Å². The molecule has 1 fully saturated rings. The van der Waals surface area contributed by atoms with Crippen LogP contribution in [0.2, 0.25) is 0 Å². The lowest BCUT2D eigenvalue weighted by atomic mass is 9.75. The number of carbonyl (C=O) groups is 1. The van der Waals surface area contributed by atoms with Gasteiger partial charge in [-0.3, -0.25) is 9.48 Å². The Kier molecular flexibility index (Phi) is 7.04. The van der Waals surface area contributed by atoms with Crippen LogP contribution in [0.3, 0.4) is 0 Å². The molecule has 1 aromatic carbocycles. The molecule has 1 unspecified atom stereocenters. The molecule has 3 rings (SSSR count). The Morgan fingerprint density at radius 1 is 1.22 bits per heavy atom. The third-order valence-corrected chi connectivity index (χ3v) is 5.52. The lowest BCUT2D eigenvalue weighted by Gasteiger charge is -2.41.